The number of hydrogen-bond donors (Lipinski definition) is 0. The summed E-state index contributed by atoms with van der Waals surface area (Å²) in [5.41, 5.74) is 0.661. The van der Waals surface area contributed by atoms with Crippen LogP contribution in [-0.4, -0.2) is 62.9 Å². The molecule has 1 aromatic carbocycles. The second kappa shape index (κ2) is 8.03. The fourth-order valence-corrected chi connectivity index (χ4v) is 5.18. The number of benzene rings is 1. The molecule has 0 bridgehead atoms. The SMILES string of the molecule is O=C([C@@H]1CCCN(S(=O)(=O)Cc2cccc(Cl)c2)C1)N1CCOCC1. The number of nitrogens with zero attached hydrogens (tertiary/aromatic N) is 2. The lowest BCUT2D eigenvalue weighted by Crippen LogP contribution is -2.49. The molecule has 0 aliphatic carbocycles. The molecule has 2 saturated heterocycles. The zero-order valence-corrected chi connectivity index (χ0v) is 15.6. The average molecular weight is 387 g/mol. The third kappa shape index (κ3) is 4.73. The molecule has 6 nitrogen and oxygen atoms in total. The first-order valence-corrected chi connectivity index (χ1v) is 10.5. The van der Waals surface area contributed by atoms with Gasteiger partial charge in [0.05, 0.1) is 24.9 Å². The van der Waals surface area contributed by atoms with Crippen molar-refractivity contribution in [3.05, 3.63) is 34.9 Å². The molecule has 1 atom stereocenters. The summed E-state index contributed by atoms with van der Waals surface area (Å²) in [5, 5.41) is 0.520. The first-order chi connectivity index (χ1) is 12.0. The Bertz CT molecular complexity index is 719. The van der Waals surface area contributed by atoms with Gasteiger partial charge in [0.1, 0.15) is 0 Å². The molecule has 2 aliphatic heterocycles. The molecule has 2 heterocycles. The van der Waals surface area contributed by atoms with Gasteiger partial charge in [-0.3, -0.25) is 4.79 Å². The standard InChI is InChI=1S/C17H23ClN2O4S/c18-16-5-1-3-14(11-16)13-25(22,23)20-6-2-4-15(12-20)17(21)19-7-9-24-10-8-19/h1,3,5,11,15H,2,4,6-10,12-13H2/t15-/m1/s1. The van der Waals surface area contributed by atoms with Crippen molar-refractivity contribution in [2.75, 3.05) is 39.4 Å². The van der Waals surface area contributed by atoms with Crippen molar-refractivity contribution in [1.29, 1.82) is 0 Å². The molecule has 2 fully saturated rings. The Hall–Kier alpha value is -1.15. The minimum Gasteiger partial charge on any atom is -0.378 e. The van der Waals surface area contributed by atoms with E-state index in [9.17, 15) is 13.2 Å². The lowest BCUT2D eigenvalue weighted by molar-refractivity contribution is -0.140. The molecule has 0 saturated carbocycles. The third-order valence-electron chi connectivity index (χ3n) is 4.69. The van der Waals surface area contributed by atoms with Crippen LogP contribution in [0.3, 0.4) is 0 Å². The fourth-order valence-electron chi connectivity index (χ4n) is 3.37. The van der Waals surface area contributed by atoms with Crippen molar-refractivity contribution in [1.82, 2.24) is 9.21 Å². The van der Waals surface area contributed by atoms with Crippen LogP contribution in [-0.2, 0) is 25.3 Å². The van der Waals surface area contributed by atoms with Crippen LogP contribution in [0.25, 0.3) is 0 Å². The van der Waals surface area contributed by atoms with Crippen molar-refractivity contribution in [2.45, 2.75) is 18.6 Å². The predicted molar refractivity (Wildman–Crippen MR) is 95.8 cm³/mol. The molecule has 1 aromatic rings. The summed E-state index contributed by atoms with van der Waals surface area (Å²) >= 11 is 5.94. The van der Waals surface area contributed by atoms with Crippen molar-refractivity contribution in [3.63, 3.8) is 0 Å². The van der Waals surface area contributed by atoms with Crippen LogP contribution < -0.4 is 0 Å². The van der Waals surface area contributed by atoms with Crippen molar-refractivity contribution < 1.29 is 17.9 Å². The third-order valence-corrected chi connectivity index (χ3v) is 6.74. The van der Waals surface area contributed by atoms with Crippen LogP contribution in [0.15, 0.2) is 24.3 Å². The van der Waals surface area contributed by atoms with Gasteiger partial charge in [0.15, 0.2) is 0 Å². The van der Waals surface area contributed by atoms with E-state index in [-0.39, 0.29) is 24.1 Å². The Kier molecular flexibility index (Phi) is 5.99. The minimum atomic E-state index is -3.47. The van der Waals surface area contributed by atoms with Gasteiger partial charge in [-0.05, 0) is 30.5 Å². The van der Waals surface area contributed by atoms with Gasteiger partial charge < -0.3 is 9.64 Å². The molecule has 0 spiro atoms. The summed E-state index contributed by atoms with van der Waals surface area (Å²) in [6.07, 6.45) is 1.44. The summed E-state index contributed by atoms with van der Waals surface area (Å²) in [4.78, 5) is 14.5. The summed E-state index contributed by atoms with van der Waals surface area (Å²) in [6.45, 7) is 3.01. The topological polar surface area (TPSA) is 66.9 Å². The smallest absolute Gasteiger partial charge is 0.227 e. The summed E-state index contributed by atoms with van der Waals surface area (Å²) in [6, 6.07) is 6.88. The van der Waals surface area contributed by atoms with E-state index >= 15 is 0 Å². The monoisotopic (exact) mass is 386 g/mol. The van der Waals surface area contributed by atoms with E-state index in [0.717, 1.165) is 6.42 Å². The summed E-state index contributed by atoms with van der Waals surface area (Å²) in [7, 11) is -3.47. The second-order valence-electron chi connectivity index (χ2n) is 6.52. The first-order valence-electron chi connectivity index (χ1n) is 8.54. The Morgan fingerprint density at radius 3 is 2.72 bits per heavy atom. The molecular formula is C17H23ClN2O4S. The van der Waals surface area contributed by atoms with Gasteiger partial charge in [-0.1, -0.05) is 23.7 Å². The Morgan fingerprint density at radius 2 is 2.00 bits per heavy atom. The highest BCUT2D eigenvalue weighted by Crippen LogP contribution is 2.24. The van der Waals surface area contributed by atoms with E-state index in [1.54, 1.807) is 29.2 Å². The quantitative estimate of drug-likeness (QED) is 0.790. The highest BCUT2D eigenvalue weighted by Gasteiger charge is 2.34. The van der Waals surface area contributed by atoms with E-state index < -0.39 is 10.0 Å². The number of carbonyl (C=O) groups excluding carboxylic acids is 1. The number of sulfonamides is 1. The number of rotatable bonds is 4. The van der Waals surface area contributed by atoms with Crippen LogP contribution in [0.4, 0.5) is 0 Å². The molecule has 8 heteroatoms. The molecule has 0 N–H and O–H groups in total. The van der Waals surface area contributed by atoms with Crippen molar-refractivity contribution in [3.8, 4) is 0 Å². The van der Waals surface area contributed by atoms with Gasteiger partial charge in [0, 0.05) is 31.2 Å². The first kappa shape index (κ1) is 18.6. The maximum atomic E-state index is 12.7. The maximum absolute atomic E-state index is 12.7. The van der Waals surface area contributed by atoms with Gasteiger partial charge in [-0.2, -0.15) is 0 Å². The van der Waals surface area contributed by atoms with Crippen LogP contribution in [0.1, 0.15) is 18.4 Å². The number of amides is 1. The molecule has 3 rings (SSSR count). The van der Waals surface area contributed by atoms with E-state index in [0.29, 0.717) is 49.9 Å². The highest BCUT2D eigenvalue weighted by molar-refractivity contribution is 7.88. The van der Waals surface area contributed by atoms with E-state index in [2.05, 4.69) is 0 Å². The second-order valence-corrected chi connectivity index (χ2v) is 8.93. The number of hydrogen-bond acceptors (Lipinski definition) is 4. The number of morpholine rings is 1. The maximum Gasteiger partial charge on any atom is 0.227 e. The number of carbonyl (C=O) groups is 1. The molecule has 25 heavy (non-hydrogen) atoms. The molecule has 1 amide bonds. The minimum absolute atomic E-state index is 0.0472. The molecular weight excluding hydrogens is 364 g/mol. The van der Waals surface area contributed by atoms with Gasteiger partial charge in [-0.25, -0.2) is 12.7 Å². The van der Waals surface area contributed by atoms with Crippen LogP contribution >= 0.6 is 11.6 Å². The molecule has 0 radical (unpaired) electrons. The number of ether oxygens (including phenoxy) is 1. The molecule has 0 aromatic heterocycles. The molecule has 2 aliphatic rings. The normalized spacial score (nSPS) is 22.8. The molecule has 0 unspecified atom stereocenters. The highest BCUT2D eigenvalue weighted by atomic mass is 35.5. The van der Waals surface area contributed by atoms with Gasteiger partial charge in [-0.15, -0.1) is 0 Å². The fraction of sp³-hybridized carbons (Fsp3) is 0.588. The number of halogens is 1. The summed E-state index contributed by atoms with van der Waals surface area (Å²) in [5.74, 6) is -0.307. The Morgan fingerprint density at radius 1 is 1.24 bits per heavy atom. The average Bonchev–Trinajstić information content (AvgIpc) is 2.61. The van der Waals surface area contributed by atoms with E-state index in [1.807, 2.05) is 0 Å². The van der Waals surface area contributed by atoms with Crippen LogP contribution in [0.5, 0.6) is 0 Å². The van der Waals surface area contributed by atoms with Crippen molar-refractivity contribution >= 4 is 27.5 Å². The largest absolute Gasteiger partial charge is 0.378 e. The summed E-state index contributed by atoms with van der Waals surface area (Å²) < 4.78 is 32.2. The van der Waals surface area contributed by atoms with E-state index in [4.69, 9.17) is 16.3 Å². The van der Waals surface area contributed by atoms with Crippen molar-refractivity contribution in [2.24, 2.45) is 5.92 Å². The molecule has 138 valence electrons. The van der Waals surface area contributed by atoms with Crippen LogP contribution in [0.2, 0.25) is 5.02 Å². The zero-order chi connectivity index (χ0) is 17.9. The Balaban J connectivity index is 1.66. The Labute approximate surface area is 153 Å². The van der Waals surface area contributed by atoms with Gasteiger partial charge >= 0.3 is 0 Å². The van der Waals surface area contributed by atoms with Crippen LogP contribution in [0, 0.1) is 5.92 Å². The van der Waals surface area contributed by atoms with Gasteiger partial charge in [0.25, 0.3) is 0 Å². The lowest BCUT2D eigenvalue weighted by Gasteiger charge is -2.35. The lowest BCUT2D eigenvalue weighted by atomic mass is 9.98. The zero-order valence-electron chi connectivity index (χ0n) is 14.1. The number of piperidine rings is 1. The van der Waals surface area contributed by atoms with Gasteiger partial charge in [0.2, 0.25) is 15.9 Å². The van der Waals surface area contributed by atoms with E-state index in [1.165, 1.54) is 4.31 Å². The predicted octanol–water partition coefficient (Wildman–Crippen LogP) is 1.74.